The molecule has 1 aromatic carbocycles. The van der Waals surface area contributed by atoms with Crippen molar-refractivity contribution in [2.45, 2.75) is 90.3 Å². The molecule has 3 atom stereocenters. The molecule has 0 aromatic heterocycles. The predicted octanol–water partition coefficient (Wildman–Crippen LogP) is -0.143. The lowest BCUT2D eigenvalue weighted by molar-refractivity contribution is -0.143. The second kappa shape index (κ2) is 25.9. The molecule has 3 unspecified atom stereocenters. The van der Waals surface area contributed by atoms with Crippen molar-refractivity contribution in [1.82, 2.24) is 31.5 Å². The zero-order chi connectivity index (χ0) is 39.8. The highest BCUT2D eigenvalue weighted by Gasteiger charge is 2.29. The van der Waals surface area contributed by atoms with E-state index in [1.54, 1.807) is 0 Å². The standard InChI is InChI=1S/C33H47N7O10S.C2H6/c1-2-21-10-12-22(13-11-21)36-33(51)35-18-27(44)37-24(19-41)30(47)39-25(20-42)31(48)38-23(32(49)50)8-5-6-16-34-26(43)9-4-3-7-17-40-28(45)14-15-29(40)46;1-2/h10-15,23-25,41-42H,2-9,16-20H2,1H3,(H,34,43)(H,37,44)(H,38,48)(H,39,47)(H,49,50)(H2,35,36,51);1-2H3. The quantitative estimate of drug-likeness (QED) is 0.0400. The van der Waals surface area contributed by atoms with Crippen LogP contribution in [0.4, 0.5) is 5.69 Å². The van der Waals surface area contributed by atoms with Crippen molar-refractivity contribution in [1.29, 1.82) is 0 Å². The number of anilines is 1. The first-order valence-corrected chi connectivity index (χ1v) is 18.1. The van der Waals surface area contributed by atoms with E-state index >= 15 is 0 Å². The minimum absolute atomic E-state index is 0.00503. The number of benzene rings is 1. The number of imide groups is 1. The third-order valence-corrected chi connectivity index (χ3v) is 7.97. The first kappa shape index (κ1) is 46.1. The van der Waals surface area contributed by atoms with Gasteiger partial charge in [0, 0.05) is 37.3 Å². The first-order chi connectivity index (χ1) is 25.4. The molecule has 0 aliphatic carbocycles. The lowest BCUT2D eigenvalue weighted by atomic mass is 10.1. The van der Waals surface area contributed by atoms with Gasteiger partial charge in [0.25, 0.3) is 11.8 Å². The van der Waals surface area contributed by atoms with Crippen LogP contribution in [0.1, 0.15) is 71.3 Å². The van der Waals surface area contributed by atoms with E-state index in [2.05, 4.69) is 31.9 Å². The number of hydrogen-bond acceptors (Lipinski definition) is 10. The number of aliphatic hydroxyl groups is 2. The van der Waals surface area contributed by atoms with Crippen molar-refractivity contribution in [2.24, 2.45) is 0 Å². The molecule has 0 bridgehead atoms. The summed E-state index contributed by atoms with van der Waals surface area (Å²) in [5, 5.41) is 44.2. The molecule has 294 valence electrons. The number of aryl methyl sites for hydroxylation is 1. The maximum Gasteiger partial charge on any atom is 0.326 e. The Bertz CT molecular complexity index is 1410. The van der Waals surface area contributed by atoms with Crippen molar-refractivity contribution in [3.8, 4) is 0 Å². The summed E-state index contributed by atoms with van der Waals surface area (Å²) in [5.74, 6) is -4.91. The number of carbonyl (C=O) groups excluding carboxylic acids is 6. The summed E-state index contributed by atoms with van der Waals surface area (Å²) in [4.78, 5) is 85.9. The minimum atomic E-state index is -1.58. The SMILES string of the molecule is CC.CCc1ccc(NC(=S)NCC(=O)NC(CO)C(=O)NC(CO)C(=O)NC(CCCCNC(=O)CCCCCN2C(=O)C=CC2=O)C(=O)O)cc1. The molecule has 6 amide bonds. The fourth-order valence-electron chi connectivity index (χ4n) is 4.77. The average molecular weight is 764 g/mol. The Labute approximate surface area is 314 Å². The summed E-state index contributed by atoms with van der Waals surface area (Å²) in [6.45, 7) is 4.52. The number of carbonyl (C=O) groups is 7. The summed E-state index contributed by atoms with van der Waals surface area (Å²) in [6, 6.07) is 3.08. The molecule has 1 aliphatic rings. The Balaban J connectivity index is 0.00000690. The number of carboxylic acid groups (broad SMARTS) is 1. The molecule has 53 heavy (non-hydrogen) atoms. The van der Waals surface area contributed by atoms with Crippen molar-refractivity contribution in [3.05, 3.63) is 42.0 Å². The van der Waals surface area contributed by atoms with Crippen LogP contribution in [0, 0.1) is 0 Å². The molecule has 0 fully saturated rings. The molecular formula is C35H53N7O10S. The maximum absolute atomic E-state index is 12.7. The summed E-state index contributed by atoms with van der Waals surface area (Å²) >= 11 is 5.17. The summed E-state index contributed by atoms with van der Waals surface area (Å²) in [7, 11) is 0. The van der Waals surface area contributed by atoms with Crippen molar-refractivity contribution >= 4 is 64.4 Å². The fraction of sp³-hybridized carbons (Fsp3) is 0.543. The van der Waals surface area contributed by atoms with Crippen LogP contribution in [0.15, 0.2) is 36.4 Å². The average Bonchev–Trinajstić information content (AvgIpc) is 3.47. The summed E-state index contributed by atoms with van der Waals surface area (Å²) in [5.41, 5.74) is 1.84. The number of nitrogens with zero attached hydrogens (tertiary/aromatic N) is 1. The lowest BCUT2D eigenvalue weighted by Crippen LogP contribution is -2.58. The summed E-state index contributed by atoms with van der Waals surface area (Å²) in [6.07, 6.45) is 6.08. The Hall–Kier alpha value is -4.94. The van der Waals surface area contributed by atoms with Gasteiger partial charge >= 0.3 is 5.97 Å². The molecule has 9 N–H and O–H groups in total. The van der Waals surface area contributed by atoms with Gasteiger partial charge in [0.2, 0.25) is 23.6 Å². The number of nitrogens with one attached hydrogen (secondary N) is 6. The third kappa shape index (κ3) is 17.9. The van der Waals surface area contributed by atoms with E-state index in [1.165, 1.54) is 12.2 Å². The summed E-state index contributed by atoms with van der Waals surface area (Å²) < 4.78 is 0. The van der Waals surface area contributed by atoms with Crippen LogP contribution >= 0.6 is 12.2 Å². The smallest absolute Gasteiger partial charge is 0.326 e. The van der Waals surface area contributed by atoms with E-state index in [4.69, 9.17) is 12.2 Å². The van der Waals surface area contributed by atoms with Gasteiger partial charge in [0.15, 0.2) is 5.11 Å². The Morgan fingerprint density at radius 2 is 1.34 bits per heavy atom. The Kier molecular flexibility index (Phi) is 22.5. The van der Waals surface area contributed by atoms with E-state index in [9.17, 15) is 48.9 Å². The van der Waals surface area contributed by atoms with E-state index in [-0.39, 0.29) is 48.8 Å². The van der Waals surface area contributed by atoms with E-state index in [0.717, 1.165) is 16.9 Å². The molecule has 1 heterocycles. The molecule has 0 spiro atoms. The molecular weight excluding hydrogens is 710 g/mol. The van der Waals surface area contributed by atoms with Crippen molar-refractivity contribution < 1.29 is 48.9 Å². The number of thiocarbonyl (C=S) groups is 1. The largest absolute Gasteiger partial charge is 0.480 e. The minimum Gasteiger partial charge on any atom is -0.480 e. The molecule has 1 aliphatic heterocycles. The molecule has 2 rings (SSSR count). The monoisotopic (exact) mass is 763 g/mol. The molecule has 0 saturated heterocycles. The van der Waals surface area contributed by atoms with Gasteiger partial charge in [-0.25, -0.2) is 4.79 Å². The van der Waals surface area contributed by atoms with Crippen LogP contribution in [-0.4, -0.2) is 118 Å². The highest BCUT2D eigenvalue weighted by Crippen LogP contribution is 2.10. The Morgan fingerprint density at radius 3 is 1.91 bits per heavy atom. The van der Waals surface area contributed by atoms with Crippen LogP contribution in [0.5, 0.6) is 0 Å². The van der Waals surface area contributed by atoms with Gasteiger partial charge in [0.05, 0.1) is 19.8 Å². The van der Waals surface area contributed by atoms with Gasteiger partial charge in [-0.05, 0) is 68.4 Å². The lowest BCUT2D eigenvalue weighted by Gasteiger charge is -2.22. The van der Waals surface area contributed by atoms with Crippen molar-refractivity contribution in [3.63, 3.8) is 0 Å². The number of aliphatic carboxylic acids is 1. The third-order valence-electron chi connectivity index (χ3n) is 7.72. The molecule has 0 saturated carbocycles. The van der Waals surface area contributed by atoms with E-state index in [0.29, 0.717) is 44.3 Å². The van der Waals surface area contributed by atoms with Gasteiger partial charge in [-0.15, -0.1) is 0 Å². The number of carboxylic acids is 1. The topological polar surface area (TPSA) is 256 Å². The number of aliphatic hydroxyl groups excluding tert-OH is 2. The predicted molar refractivity (Wildman–Crippen MR) is 200 cm³/mol. The van der Waals surface area contributed by atoms with Gasteiger partial charge < -0.3 is 47.2 Å². The fourth-order valence-corrected chi connectivity index (χ4v) is 4.96. The molecule has 18 heteroatoms. The van der Waals surface area contributed by atoms with E-state index in [1.807, 2.05) is 45.0 Å². The first-order valence-electron chi connectivity index (χ1n) is 17.7. The molecule has 1 aromatic rings. The van der Waals surface area contributed by atoms with Gasteiger partial charge in [0.1, 0.15) is 18.1 Å². The van der Waals surface area contributed by atoms with Crippen LogP contribution in [0.2, 0.25) is 0 Å². The maximum atomic E-state index is 12.7. The highest BCUT2D eigenvalue weighted by atomic mass is 32.1. The van der Waals surface area contributed by atoms with Crippen LogP contribution in [0.25, 0.3) is 0 Å². The second-order valence-corrected chi connectivity index (χ2v) is 12.0. The number of unbranched alkanes of at least 4 members (excludes halogenated alkanes) is 3. The number of rotatable bonds is 23. The number of hydrogen-bond donors (Lipinski definition) is 9. The molecule has 0 radical (unpaired) electrons. The van der Waals surface area contributed by atoms with Gasteiger partial charge in [-0.3, -0.25) is 33.7 Å². The zero-order valence-electron chi connectivity index (χ0n) is 30.4. The highest BCUT2D eigenvalue weighted by molar-refractivity contribution is 7.80. The second-order valence-electron chi connectivity index (χ2n) is 11.6. The van der Waals surface area contributed by atoms with Crippen LogP contribution < -0.4 is 31.9 Å². The molecule has 17 nitrogen and oxygen atoms in total. The van der Waals surface area contributed by atoms with E-state index < -0.39 is 55.0 Å². The van der Waals surface area contributed by atoms with Crippen molar-refractivity contribution in [2.75, 3.05) is 38.2 Å². The Morgan fingerprint density at radius 1 is 0.755 bits per heavy atom. The number of amides is 6. The van der Waals surface area contributed by atoms with Crippen LogP contribution in [-0.2, 0) is 40.0 Å². The van der Waals surface area contributed by atoms with Crippen LogP contribution in [0.3, 0.4) is 0 Å². The normalized spacial score (nSPS) is 13.5. The van der Waals surface area contributed by atoms with Gasteiger partial charge in [-0.1, -0.05) is 39.3 Å². The van der Waals surface area contributed by atoms with Gasteiger partial charge in [-0.2, -0.15) is 0 Å². The zero-order valence-corrected chi connectivity index (χ0v) is 31.3.